The molecule has 28 heavy (non-hydrogen) atoms. The Morgan fingerprint density at radius 3 is 2.50 bits per heavy atom. The smallest absolute Gasteiger partial charge is 0.248 e. The minimum Gasteiger partial charge on any atom is -0.508 e. The molecule has 0 saturated carbocycles. The van der Waals surface area contributed by atoms with Crippen LogP contribution in [-0.4, -0.2) is 52.5 Å². The van der Waals surface area contributed by atoms with Crippen LogP contribution >= 0.6 is 0 Å². The van der Waals surface area contributed by atoms with Crippen LogP contribution in [0, 0.1) is 0 Å². The molecular weight excluding hydrogens is 350 g/mol. The maximum Gasteiger partial charge on any atom is 0.248 e. The molecule has 3 unspecified atom stereocenters. The summed E-state index contributed by atoms with van der Waals surface area (Å²) in [5, 5.41) is 10.1. The lowest BCUT2D eigenvalue weighted by Crippen LogP contribution is -2.57. The van der Waals surface area contributed by atoms with Crippen molar-refractivity contribution in [2.75, 3.05) is 19.6 Å². The van der Waals surface area contributed by atoms with E-state index < -0.39 is 5.91 Å². The number of rotatable bonds is 6. The minimum absolute atomic E-state index is 0.0743. The van der Waals surface area contributed by atoms with E-state index in [0.29, 0.717) is 17.6 Å². The molecule has 0 spiro atoms. The summed E-state index contributed by atoms with van der Waals surface area (Å²) in [6, 6.07) is 15.4. The Morgan fingerprint density at radius 1 is 1.18 bits per heavy atom. The van der Waals surface area contributed by atoms with Crippen molar-refractivity contribution in [2.45, 2.75) is 32.0 Å². The van der Waals surface area contributed by atoms with Crippen LogP contribution in [0.3, 0.4) is 0 Å². The molecule has 1 aliphatic rings. The van der Waals surface area contributed by atoms with E-state index in [9.17, 15) is 9.90 Å². The second-order valence-electron chi connectivity index (χ2n) is 7.62. The van der Waals surface area contributed by atoms with E-state index in [2.05, 4.69) is 30.2 Å². The predicted octanol–water partition coefficient (Wildman–Crippen LogP) is 3.16. The number of hydrogen-bond acceptors (Lipinski definition) is 4. The number of hydrogen-bond donors (Lipinski definition) is 2. The van der Waals surface area contributed by atoms with E-state index in [0.717, 1.165) is 30.8 Å². The molecule has 3 rings (SSSR count). The van der Waals surface area contributed by atoms with Crippen molar-refractivity contribution < 1.29 is 9.90 Å². The first-order chi connectivity index (χ1) is 13.4. The molecule has 148 valence electrons. The van der Waals surface area contributed by atoms with Gasteiger partial charge in [0.25, 0.3) is 0 Å². The lowest BCUT2D eigenvalue weighted by molar-refractivity contribution is 0.0306. The summed E-state index contributed by atoms with van der Waals surface area (Å²) in [6.07, 6.45) is 1.95. The number of piperazine rings is 1. The van der Waals surface area contributed by atoms with Crippen LogP contribution in [0.25, 0.3) is 0 Å². The van der Waals surface area contributed by atoms with E-state index in [1.807, 2.05) is 36.4 Å². The SMILES string of the molecule is C=CCN1CC(C)N(C(c2cccc(O)c2)c2cccc(C(N)=O)c2)CC1C. The summed E-state index contributed by atoms with van der Waals surface area (Å²) in [7, 11) is 0. The second-order valence-corrected chi connectivity index (χ2v) is 7.62. The van der Waals surface area contributed by atoms with Gasteiger partial charge >= 0.3 is 0 Å². The van der Waals surface area contributed by atoms with Crippen molar-refractivity contribution in [1.29, 1.82) is 0 Å². The van der Waals surface area contributed by atoms with E-state index in [-0.39, 0.29) is 11.8 Å². The first kappa shape index (κ1) is 20.1. The van der Waals surface area contributed by atoms with Crippen molar-refractivity contribution in [3.05, 3.63) is 77.9 Å². The van der Waals surface area contributed by atoms with Gasteiger partial charge in [-0.15, -0.1) is 6.58 Å². The Balaban J connectivity index is 2.03. The molecule has 2 aromatic rings. The van der Waals surface area contributed by atoms with Gasteiger partial charge in [-0.3, -0.25) is 14.6 Å². The van der Waals surface area contributed by atoms with E-state index in [4.69, 9.17) is 5.73 Å². The van der Waals surface area contributed by atoms with Crippen LogP contribution in [-0.2, 0) is 0 Å². The molecule has 3 N–H and O–H groups in total. The quantitative estimate of drug-likeness (QED) is 0.757. The van der Waals surface area contributed by atoms with Gasteiger partial charge in [-0.25, -0.2) is 0 Å². The van der Waals surface area contributed by atoms with Gasteiger partial charge in [0.05, 0.1) is 6.04 Å². The van der Waals surface area contributed by atoms with Crippen molar-refractivity contribution in [3.8, 4) is 5.75 Å². The highest BCUT2D eigenvalue weighted by atomic mass is 16.3. The Morgan fingerprint density at radius 2 is 1.86 bits per heavy atom. The molecule has 5 nitrogen and oxygen atoms in total. The van der Waals surface area contributed by atoms with Crippen molar-refractivity contribution in [1.82, 2.24) is 9.80 Å². The molecule has 2 aromatic carbocycles. The summed E-state index contributed by atoms with van der Waals surface area (Å²) in [5.74, 6) is -0.201. The fourth-order valence-corrected chi connectivity index (χ4v) is 4.14. The number of phenols is 1. The van der Waals surface area contributed by atoms with Crippen LogP contribution in [0.5, 0.6) is 5.75 Å². The first-order valence-corrected chi connectivity index (χ1v) is 9.70. The van der Waals surface area contributed by atoms with Gasteiger partial charge in [-0.05, 0) is 49.2 Å². The van der Waals surface area contributed by atoms with Crippen molar-refractivity contribution >= 4 is 5.91 Å². The normalized spacial score (nSPS) is 21.9. The first-order valence-electron chi connectivity index (χ1n) is 9.70. The lowest BCUT2D eigenvalue weighted by Gasteiger charge is -2.47. The van der Waals surface area contributed by atoms with Gasteiger partial charge in [0.15, 0.2) is 0 Å². The lowest BCUT2D eigenvalue weighted by atomic mass is 9.92. The zero-order valence-electron chi connectivity index (χ0n) is 16.6. The van der Waals surface area contributed by atoms with Crippen molar-refractivity contribution in [3.63, 3.8) is 0 Å². The van der Waals surface area contributed by atoms with Gasteiger partial charge in [-0.2, -0.15) is 0 Å². The number of carbonyl (C=O) groups excluding carboxylic acids is 1. The number of aromatic hydroxyl groups is 1. The van der Waals surface area contributed by atoms with Crippen LogP contribution < -0.4 is 5.73 Å². The monoisotopic (exact) mass is 379 g/mol. The summed E-state index contributed by atoms with van der Waals surface area (Å²) in [6.45, 7) is 11.0. The number of nitrogens with two attached hydrogens (primary N) is 1. The molecule has 0 bridgehead atoms. The molecular formula is C23H29N3O2. The van der Waals surface area contributed by atoms with Gasteiger partial charge in [-0.1, -0.05) is 30.3 Å². The summed E-state index contributed by atoms with van der Waals surface area (Å²) in [5.41, 5.74) is 8.01. The highest BCUT2D eigenvalue weighted by molar-refractivity contribution is 5.92. The molecule has 1 heterocycles. The summed E-state index contributed by atoms with van der Waals surface area (Å²) < 4.78 is 0. The number of carbonyl (C=O) groups is 1. The summed E-state index contributed by atoms with van der Waals surface area (Å²) >= 11 is 0. The largest absolute Gasteiger partial charge is 0.508 e. The molecule has 1 aliphatic heterocycles. The Bertz CT molecular complexity index is 851. The zero-order chi connectivity index (χ0) is 20.3. The van der Waals surface area contributed by atoms with Gasteiger partial charge in [0.2, 0.25) is 5.91 Å². The molecule has 3 atom stereocenters. The average molecular weight is 380 g/mol. The molecule has 1 saturated heterocycles. The molecule has 5 heteroatoms. The fourth-order valence-electron chi connectivity index (χ4n) is 4.14. The van der Waals surface area contributed by atoms with Gasteiger partial charge in [0.1, 0.15) is 5.75 Å². The van der Waals surface area contributed by atoms with E-state index in [1.54, 1.807) is 18.2 Å². The highest BCUT2D eigenvalue weighted by Gasteiger charge is 2.34. The van der Waals surface area contributed by atoms with Crippen LogP contribution in [0.4, 0.5) is 0 Å². The Labute approximate surface area is 167 Å². The number of benzene rings is 2. The predicted molar refractivity (Wildman–Crippen MR) is 112 cm³/mol. The van der Waals surface area contributed by atoms with Crippen LogP contribution in [0.1, 0.15) is 41.4 Å². The van der Waals surface area contributed by atoms with Gasteiger partial charge < -0.3 is 10.8 Å². The number of amides is 1. The summed E-state index contributed by atoms with van der Waals surface area (Å²) in [4.78, 5) is 16.6. The third kappa shape index (κ3) is 4.26. The van der Waals surface area contributed by atoms with Crippen molar-refractivity contribution in [2.24, 2.45) is 5.73 Å². The fraction of sp³-hybridized carbons (Fsp3) is 0.348. The topological polar surface area (TPSA) is 69.8 Å². The Kier molecular flexibility index (Phi) is 6.17. The minimum atomic E-state index is -0.436. The van der Waals surface area contributed by atoms with E-state index in [1.165, 1.54) is 0 Å². The number of nitrogens with zero attached hydrogens (tertiary/aromatic N) is 2. The Hall–Kier alpha value is -2.63. The second kappa shape index (κ2) is 8.59. The maximum atomic E-state index is 11.7. The molecule has 0 aliphatic carbocycles. The molecule has 1 fully saturated rings. The molecule has 1 amide bonds. The number of primary amides is 1. The zero-order valence-corrected chi connectivity index (χ0v) is 16.6. The maximum absolute atomic E-state index is 11.7. The standard InChI is InChI=1S/C23H29N3O2/c1-4-11-25-14-17(3)26(15-16(25)2)22(19-8-6-10-21(27)13-19)18-7-5-9-20(12-18)23(24)28/h4-10,12-13,16-17,22,27H,1,11,14-15H2,2-3H3,(H2,24,28). The highest BCUT2D eigenvalue weighted by Crippen LogP contribution is 2.34. The van der Waals surface area contributed by atoms with Crippen LogP contribution in [0.2, 0.25) is 0 Å². The van der Waals surface area contributed by atoms with Gasteiger partial charge in [0, 0.05) is 37.3 Å². The molecule has 0 aromatic heterocycles. The van der Waals surface area contributed by atoms with Crippen LogP contribution in [0.15, 0.2) is 61.2 Å². The average Bonchev–Trinajstić information content (AvgIpc) is 2.66. The number of phenolic OH excluding ortho intramolecular Hbond substituents is 1. The third-order valence-electron chi connectivity index (χ3n) is 5.53. The molecule has 0 radical (unpaired) electrons. The third-order valence-corrected chi connectivity index (χ3v) is 5.53. The van der Waals surface area contributed by atoms with E-state index >= 15 is 0 Å².